The molecule has 0 saturated heterocycles. The summed E-state index contributed by atoms with van der Waals surface area (Å²) in [5.41, 5.74) is 3.86. The van der Waals surface area contributed by atoms with Crippen LogP contribution in [-0.2, 0) is 6.54 Å². The summed E-state index contributed by atoms with van der Waals surface area (Å²) in [6.45, 7) is 0.586. The first kappa shape index (κ1) is 19.7. The largest absolute Gasteiger partial charge is 0.419 e. The third-order valence-electron chi connectivity index (χ3n) is 5.50. The number of hydrogen-bond acceptors (Lipinski definition) is 2. The lowest BCUT2D eigenvalue weighted by molar-refractivity contribution is -0.689. The monoisotopic (exact) mass is 416 g/mol. The van der Waals surface area contributed by atoms with E-state index in [4.69, 9.17) is 4.74 Å². The van der Waals surface area contributed by atoms with E-state index in [0.29, 0.717) is 18.0 Å². The Labute approximate surface area is 187 Å². The number of benzene rings is 4. The van der Waals surface area contributed by atoms with Gasteiger partial charge in [0.2, 0.25) is 0 Å². The topological polar surface area (TPSA) is 30.2 Å². The number of esters is 1. The van der Waals surface area contributed by atoms with Crippen molar-refractivity contribution < 1.29 is 14.1 Å². The Morgan fingerprint density at radius 3 is 2.03 bits per heavy atom. The van der Waals surface area contributed by atoms with Gasteiger partial charge in [-0.05, 0) is 34.7 Å². The van der Waals surface area contributed by atoms with Crippen LogP contribution in [0.1, 0.15) is 16.1 Å². The molecule has 5 aromatic rings. The summed E-state index contributed by atoms with van der Waals surface area (Å²) in [5.74, 6) is 0.152. The van der Waals surface area contributed by atoms with Crippen molar-refractivity contribution in [1.82, 2.24) is 0 Å². The summed E-state index contributed by atoms with van der Waals surface area (Å²) >= 11 is 0. The highest BCUT2D eigenvalue weighted by Gasteiger charge is 2.25. The maximum atomic E-state index is 13.4. The molecule has 0 fully saturated rings. The molecule has 32 heavy (non-hydrogen) atoms. The van der Waals surface area contributed by atoms with Crippen molar-refractivity contribution in [3.05, 3.63) is 133 Å². The molecule has 3 nitrogen and oxygen atoms in total. The quantitative estimate of drug-likeness (QED) is 0.198. The van der Waals surface area contributed by atoms with Crippen molar-refractivity contribution in [1.29, 1.82) is 0 Å². The maximum Gasteiger partial charge on any atom is 0.409 e. The Kier molecular flexibility index (Phi) is 5.46. The fourth-order valence-corrected chi connectivity index (χ4v) is 3.90. The average Bonchev–Trinajstić information content (AvgIpc) is 2.85. The molecule has 0 saturated carbocycles. The molecule has 5 rings (SSSR count). The molecule has 0 radical (unpaired) electrons. The first-order valence-corrected chi connectivity index (χ1v) is 10.6. The van der Waals surface area contributed by atoms with E-state index < -0.39 is 0 Å². The average molecular weight is 417 g/mol. The van der Waals surface area contributed by atoms with Crippen LogP contribution in [0.3, 0.4) is 0 Å². The second kappa shape index (κ2) is 8.86. The number of hydrogen-bond donors (Lipinski definition) is 0. The normalized spacial score (nSPS) is 10.8. The first-order chi connectivity index (χ1) is 15.8. The Bertz CT molecular complexity index is 1360. The zero-order valence-corrected chi connectivity index (χ0v) is 17.5. The molecule has 0 N–H and O–H groups in total. The highest BCUT2D eigenvalue weighted by Crippen LogP contribution is 2.23. The van der Waals surface area contributed by atoms with Gasteiger partial charge in [0.1, 0.15) is 5.75 Å². The van der Waals surface area contributed by atoms with Crippen molar-refractivity contribution in [3.8, 4) is 16.9 Å². The molecular formula is C29H22NO2+. The van der Waals surface area contributed by atoms with Crippen LogP contribution in [0.2, 0.25) is 0 Å². The zero-order valence-electron chi connectivity index (χ0n) is 17.5. The Balaban J connectivity index is 1.47. The van der Waals surface area contributed by atoms with Gasteiger partial charge in [-0.1, -0.05) is 91.0 Å². The second-order valence-electron chi connectivity index (χ2n) is 7.65. The predicted octanol–water partition coefficient (Wildman–Crippen LogP) is 6.06. The van der Waals surface area contributed by atoms with E-state index in [1.54, 1.807) is 0 Å². The lowest BCUT2D eigenvalue weighted by atomic mass is 10.1. The molecule has 0 amide bonds. The molecule has 0 aliphatic heterocycles. The molecule has 1 heterocycles. The molecule has 0 bridgehead atoms. The van der Waals surface area contributed by atoms with E-state index in [2.05, 4.69) is 24.3 Å². The van der Waals surface area contributed by atoms with Gasteiger partial charge in [-0.2, -0.15) is 4.57 Å². The van der Waals surface area contributed by atoms with E-state index in [9.17, 15) is 4.79 Å². The smallest absolute Gasteiger partial charge is 0.409 e. The number of carbonyl (C=O) groups excluding carboxylic acids is 1. The van der Waals surface area contributed by atoms with Crippen molar-refractivity contribution in [3.63, 3.8) is 0 Å². The molecular weight excluding hydrogens is 394 g/mol. The van der Waals surface area contributed by atoms with Crippen LogP contribution >= 0.6 is 0 Å². The highest BCUT2D eigenvalue weighted by atomic mass is 16.5. The van der Waals surface area contributed by atoms with Crippen LogP contribution in [0, 0.1) is 0 Å². The number of aromatic nitrogens is 1. The van der Waals surface area contributed by atoms with E-state index in [0.717, 1.165) is 27.5 Å². The van der Waals surface area contributed by atoms with Gasteiger partial charge >= 0.3 is 5.97 Å². The molecule has 0 spiro atoms. The fraction of sp³-hybridized carbons (Fsp3) is 0.0345. The minimum atomic E-state index is -0.370. The van der Waals surface area contributed by atoms with Gasteiger partial charge in [0.15, 0.2) is 12.7 Å². The van der Waals surface area contributed by atoms with Gasteiger partial charge in [0.25, 0.3) is 5.69 Å². The highest BCUT2D eigenvalue weighted by molar-refractivity contribution is 6.01. The molecule has 0 aliphatic carbocycles. The minimum absolute atomic E-state index is 0.370. The summed E-state index contributed by atoms with van der Waals surface area (Å²) in [5, 5.41) is 1.88. The van der Waals surface area contributed by atoms with Gasteiger partial charge in [-0.3, -0.25) is 0 Å². The SMILES string of the molecule is O=C(Oc1ccc(-c2ccccc2)cc1)c1c2ccccc2cc[n+]1Cc1ccccc1. The van der Waals surface area contributed by atoms with Crippen LogP contribution in [-0.4, -0.2) is 5.97 Å². The van der Waals surface area contributed by atoms with Gasteiger partial charge in [0.05, 0.1) is 5.39 Å². The van der Waals surface area contributed by atoms with Crippen molar-refractivity contribution in [2.45, 2.75) is 6.54 Å². The third kappa shape index (κ3) is 4.14. The molecule has 0 aliphatic rings. The van der Waals surface area contributed by atoms with E-state index in [1.807, 2.05) is 102 Å². The number of carbonyl (C=O) groups is 1. The van der Waals surface area contributed by atoms with Crippen LogP contribution in [0.15, 0.2) is 121 Å². The lowest BCUT2D eigenvalue weighted by Gasteiger charge is -2.09. The molecule has 0 atom stereocenters. The number of rotatable bonds is 5. The van der Waals surface area contributed by atoms with Gasteiger partial charge in [-0.25, -0.2) is 4.79 Å². The second-order valence-corrected chi connectivity index (χ2v) is 7.65. The third-order valence-corrected chi connectivity index (χ3v) is 5.50. The number of pyridine rings is 1. The summed E-state index contributed by atoms with van der Waals surface area (Å²) in [6, 6.07) is 37.8. The number of fused-ring (bicyclic) bond motifs is 1. The maximum absolute atomic E-state index is 13.4. The Morgan fingerprint density at radius 1 is 0.656 bits per heavy atom. The molecule has 4 aromatic carbocycles. The first-order valence-electron chi connectivity index (χ1n) is 10.6. The summed E-state index contributed by atoms with van der Waals surface area (Å²) in [4.78, 5) is 13.4. The van der Waals surface area contributed by atoms with Gasteiger partial charge in [-0.15, -0.1) is 0 Å². The fourth-order valence-electron chi connectivity index (χ4n) is 3.90. The van der Waals surface area contributed by atoms with E-state index in [-0.39, 0.29) is 5.97 Å². The summed E-state index contributed by atoms with van der Waals surface area (Å²) < 4.78 is 7.77. The molecule has 1 aromatic heterocycles. The van der Waals surface area contributed by atoms with Crippen LogP contribution < -0.4 is 9.30 Å². The molecule has 3 heteroatoms. The van der Waals surface area contributed by atoms with Crippen molar-refractivity contribution in [2.75, 3.05) is 0 Å². The van der Waals surface area contributed by atoms with E-state index in [1.165, 1.54) is 0 Å². The Hall–Kier alpha value is -4.24. The van der Waals surface area contributed by atoms with Gasteiger partial charge < -0.3 is 4.74 Å². The standard InChI is InChI=1S/C29H22NO2/c31-29(32-26-17-15-24(16-18-26)23-11-5-2-6-12-23)28-27-14-8-7-13-25(27)19-20-30(28)21-22-9-3-1-4-10-22/h1-20H,21H2/q+1. The van der Waals surface area contributed by atoms with Crippen LogP contribution in [0.5, 0.6) is 5.75 Å². The molecule has 154 valence electrons. The van der Waals surface area contributed by atoms with Gasteiger partial charge in [0, 0.05) is 11.6 Å². The number of nitrogens with zero attached hydrogens (tertiary/aromatic N) is 1. The minimum Gasteiger partial charge on any atom is -0.419 e. The van der Waals surface area contributed by atoms with Crippen LogP contribution in [0.4, 0.5) is 0 Å². The van der Waals surface area contributed by atoms with Crippen LogP contribution in [0.25, 0.3) is 21.9 Å². The predicted molar refractivity (Wildman–Crippen MR) is 127 cm³/mol. The lowest BCUT2D eigenvalue weighted by Crippen LogP contribution is -2.42. The van der Waals surface area contributed by atoms with E-state index >= 15 is 0 Å². The zero-order chi connectivity index (χ0) is 21.8. The summed E-state index contributed by atoms with van der Waals surface area (Å²) in [7, 11) is 0. The Morgan fingerprint density at radius 2 is 1.28 bits per heavy atom. The molecule has 0 unspecified atom stereocenters. The summed E-state index contributed by atoms with van der Waals surface area (Å²) in [6.07, 6.45) is 1.95. The number of ether oxygens (including phenoxy) is 1. The van der Waals surface area contributed by atoms with Crippen molar-refractivity contribution in [2.24, 2.45) is 0 Å². The van der Waals surface area contributed by atoms with Crippen molar-refractivity contribution >= 4 is 16.7 Å².